The molecule has 0 radical (unpaired) electrons. The molecular weight excluding hydrogens is 1140 g/mol. The molecule has 554 valence electrons. The van der Waals surface area contributed by atoms with Crippen LogP contribution in [0.2, 0.25) is 0 Å². The Balaban J connectivity index is 3.29. The molecule has 0 aliphatic rings. The third-order valence-electron chi connectivity index (χ3n) is 20.8. The molecule has 0 bridgehead atoms. The van der Waals surface area contributed by atoms with Crippen LogP contribution in [0.3, 0.4) is 0 Å². The quantitative estimate of drug-likeness (QED) is 0.0320. The van der Waals surface area contributed by atoms with Crippen molar-refractivity contribution in [3.63, 3.8) is 0 Å². The van der Waals surface area contributed by atoms with Crippen LogP contribution in [0.1, 0.15) is 508 Å². The zero-order valence-electron chi connectivity index (χ0n) is 63.8. The van der Waals surface area contributed by atoms with Crippen molar-refractivity contribution in [2.24, 2.45) is 0 Å². The van der Waals surface area contributed by atoms with E-state index >= 15 is 0 Å². The Kier molecular flexibility index (Phi) is 81.8. The van der Waals surface area contributed by atoms with Crippen LogP contribution in [-0.4, -0.2) is 47.4 Å². The Hall–Kier alpha value is -1.40. The van der Waals surface area contributed by atoms with E-state index in [0.717, 1.165) is 38.5 Å². The van der Waals surface area contributed by atoms with Crippen LogP contribution in [0.5, 0.6) is 0 Å². The fraction of sp³-hybridized carbons (Fsp3) is 0.954. The number of aliphatic hydroxyl groups is 2. The summed E-state index contributed by atoms with van der Waals surface area (Å²) in [7, 11) is 0. The summed E-state index contributed by atoms with van der Waals surface area (Å²) in [5.74, 6) is -0.00116. The minimum absolute atomic E-state index is 0.0219. The number of hydrogen-bond donors (Lipinski definition) is 3. The van der Waals surface area contributed by atoms with Crippen molar-refractivity contribution >= 4 is 11.9 Å². The first-order valence-electron chi connectivity index (χ1n) is 43.4. The molecule has 0 fully saturated rings. The first kappa shape index (κ1) is 91.6. The van der Waals surface area contributed by atoms with Crippen molar-refractivity contribution in [1.29, 1.82) is 0 Å². The Morgan fingerprint density at radius 1 is 0.290 bits per heavy atom. The van der Waals surface area contributed by atoms with Gasteiger partial charge in [-0.2, -0.15) is 0 Å². The van der Waals surface area contributed by atoms with Crippen molar-refractivity contribution < 1.29 is 24.5 Å². The van der Waals surface area contributed by atoms with Gasteiger partial charge in [-0.05, 0) is 51.4 Å². The Labute approximate surface area is 584 Å². The van der Waals surface area contributed by atoms with Gasteiger partial charge in [-0.15, -0.1) is 0 Å². The molecule has 0 saturated carbocycles. The zero-order valence-corrected chi connectivity index (χ0v) is 63.8. The first-order valence-corrected chi connectivity index (χ1v) is 43.4. The summed E-state index contributed by atoms with van der Waals surface area (Å²) in [4.78, 5) is 24.7. The molecule has 0 rings (SSSR count). The summed E-state index contributed by atoms with van der Waals surface area (Å²) in [6, 6.07) is -0.537. The van der Waals surface area contributed by atoms with Gasteiger partial charge in [0.1, 0.15) is 0 Å². The molecule has 0 aromatic carbocycles. The van der Waals surface area contributed by atoms with Crippen LogP contribution < -0.4 is 5.32 Å². The second-order valence-corrected chi connectivity index (χ2v) is 30.2. The summed E-state index contributed by atoms with van der Waals surface area (Å²) in [6.45, 7) is 5.02. The average Bonchev–Trinajstić information content (AvgIpc) is 3.78. The fourth-order valence-electron chi connectivity index (χ4n) is 14.2. The van der Waals surface area contributed by atoms with Crippen LogP contribution in [0.15, 0.2) is 12.2 Å². The molecule has 6 nitrogen and oxygen atoms in total. The largest absolute Gasteiger partial charge is 0.466 e. The van der Waals surface area contributed by atoms with Crippen molar-refractivity contribution in [2.75, 3.05) is 13.2 Å². The molecule has 3 N–H and O–H groups in total. The van der Waals surface area contributed by atoms with E-state index in [1.54, 1.807) is 0 Å². The molecule has 0 heterocycles. The van der Waals surface area contributed by atoms with Crippen molar-refractivity contribution in [3.05, 3.63) is 12.2 Å². The van der Waals surface area contributed by atoms with Gasteiger partial charge in [-0.25, -0.2) is 0 Å². The number of nitrogens with one attached hydrogen (secondary N) is 1. The molecule has 0 aromatic heterocycles. The molecule has 0 saturated heterocycles. The number of hydrogen-bond acceptors (Lipinski definition) is 5. The fourth-order valence-corrected chi connectivity index (χ4v) is 14.2. The van der Waals surface area contributed by atoms with Gasteiger partial charge in [-0.1, -0.05) is 456 Å². The molecule has 0 aliphatic carbocycles. The maximum Gasteiger partial charge on any atom is 0.305 e. The number of unbranched alkanes of at least 4 members (excludes halogenated alkanes) is 70. The Bertz CT molecular complexity index is 1420. The van der Waals surface area contributed by atoms with E-state index in [4.69, 9.17) is 4.74 Å². The number of carbonyl (C=O) groups excluding carboxylic acids is 2. The highest BCUT2D eigenvalue weighted by molar-refractivity contribution is 5.76. The number of amides is 1. The Morgan fingerprint density at radius 3 is 0.763 bits per heavy atom. The first-order chi connectivity index (χ1) is 46.0. The summed E-state index contributed by atoms with van der Waals surface area (Å²) >= 11 is 0. The topological polar surface area (TPSA) is 95.9 Å². The van der Waals surface area contributed by atoms with Gasteiger partial charge in [0.05, 0.1) is 25.4 Å². The molecule has 6 heteroatoms. The lowest BCUT2D eigenvalue weighted by atomic mass is 10.0. The predicted molar refractivity (Wildman–Crippen MR) is 412 cm³/mol. The molecule has 93 heavy (non-hydrogen) atoms. The molecular formula is C87H171NO5. The molecule has 2 unspecified atom stereocenters. The standard InChI is InChI=1S/C87H171NO5/c1-3-5-7-9-11-13-15-17-19-21-23-41-44-47-51-55-59-63-67-71-75-79-85(90)84(83-89)88-86(91)80-76-72-68-64-60-56-52-48-45-42-39-37-35-33-31-29-27-25-24-26-28-30-32-34-36-38-40-43-46-50-54-58-62-66-70-74-78-82-93-87(92)81-77-73-69-65-61-57-53-49-22-20-18-16-14-12-10-8-6-4-2/h20,22,84-85,89-90H,3-19,21,23-83H2,1-2H3,(H,88,91)/b22-20-. The van der Waals surface area contributed by atoms with E-state index in [-0.39, 0.29) is 18.5 Å². The third kappa shape index (κ3) is 79.5. The van der Waals surface area contributed by atoms with Crippen molar-refractivity contribution in [3.8, 4) is 0 Å². The van der Waals surface area contributed by atoms with Gasteiger partial charge >= 0.3 is 5.97 Å². The smallest absolute Gasteiger partial charge is 0.305 e. The van der Waals surface area contributed by atoms with E-state index in [2.05, 4.69) is 31.3 Å². The van der Waals surface area contributed by atoms with Gasteiger partial charge in [0.25, 0.3) is 0 Å². The molecule has 1 amide bonds. The second kappa shape index (κ2) is 83.0. The third-order valence-corrected chi connectivity index (χ3v) is 20.8. The number of rotatable bonds is 83. The Morgan fingerprint density at radius 2 is 0.505 bits per heavy atom. The lowest BCUT2D eigenvalue weighted by Gasteiger charge is -2.22. The highest BCUT2D eigenvalue weighted by Gasteiger charge is 2.20. The normalized spacial score (nSPS) is 12.4. The van der Waals surface area contributed by atoms with E-state index in [1.165, 1.54) is 437 Å². The zero-order chi connectivity index (χ0) is 67.0. The van der Waals surface area contributed by atoms with Crippen LogP contribution in [0.25, 0.3) is 0 Å². The number of allylic oxidation sites excluding steroid dienone is 2. The maximum absolute atomic E-state index is 12.6. The van der Waals surface area contributed by atoms with Crippen LogP contribution in [0, 0.1) is 0 Å². The second-order valence-electron chi connectivity index (χ2n) is 30.2. The average molecular weight is 1310 g/mol. The minimum Gasteiger partial charge on any atom is -0.466 e. The van der Waals surface area contributed by atoms with Crippen LogP contribution in [-0.2, 0) is 14.3 Å². The molecule has 0 aliphatic heterocycles. The van der Waals surface area contributed by atoms with Crippen LogP contribution >= 0.6 is 0 Å². The number of esters is 1. The van der Waals surface area contributed by atoms with E-state index in [1.807, 2.05) is 0 Å². The van der Waals surface area contributed by atoms with Crippen molar-refractivity contribution in [1.82, 2.24) is 5.32 Å². The van der Waals surface area contributed by atoms with Gasteiger partial charge in [0.15, 0.2) is 0 Å². The summed E-state index contributed by atoms with van der Waals surface area (Å²) in [5, 5.41) is 23.5. The summed E-state index contributed by atoms with van der Waals surface area (Å²) < 4.78 is 5.52. The number of ether oxygens (including phenoxy) is 1. The van der Waals surface area contributed by atoms with Crippen molar-refractivity contribution in [2.45, 2.75) is 520 Å². The lowest BCUT2D eigenvalue weighted by Crippen LogP contribution is -2.45. The van der Waals surface area contributed by atoms with E-state index in [9.17, 15) is 19.8 Å². The highest BCUT2D eigenvalue weighted by atomic mass is 16.5. The van der Waals surface area contributed by atoms with E-state index in [0.29, 0.717) is 25.9 Å². The minimum atomic E-state index is -0.661. The van der Waals surface area contributed by atoms with Gasteiger partial charge in [0.2, 0.25) is 5.91 Å². The summed E-state index contributed by atoms with van der Waals surface area (Å²) in [5.41, 5.74) is 0. The highest BCUT2D eigenvalue weighted by Crippen LogP contribution is 2.21. The molecule has 0 aromatic rings. The molecule has 2 atom stereocenters. The van der Waals surface area contributed by atoms with Gasteiger partial charge in [-0.3, -0.25) is 9.59 Å². The SMILES string of the molecule is CCCCCCCCC/C=C\CCCCCCCCCC(=O)OCCCCCCCCCCCCCCCCCCCCCCCCCCCCCCCCCCCCCCCC(=O)NC(CO)C(O)CCCCCCCCCCCCCCCCCCCCCCC. The van der Waals surface area contributed by atoms with Gasteiger partial charge in [0, 0.05) is 12.8 Å². The predicted octanol–water partition coefficient (Wildman–Crippen LogP) is 29.0. The van der Waals surface area contributed by atoms with Crippen LogP contribution in [0.4, 0.5) is 0 Å². The van der Waals surface area contributed by atoms with E-state index < -0.39 is 12.1 Å². The summed E-state index contributed by atoms with van der Waals surface area (Å²) in [6.07, 6.45) is 106. The van der Waals surface area contributed by atoms with Gasteiger partial charge < -0.3 is 20.3 Å². The number of carbonyl (C=O) groups is 2. The molecule has 0 spiro atoms. The maximum atomic E-state index is 12.6. The number of aliphatic hydroxyl groups excluding tert-OH is 2. The monoisotopic (exact) mass is 1310 g/mol. The lowest BCUT2D eigenvalue weighted by molar-refractivity contribution is -0.143.